The molecule has 0 radical (unpaired) electrons. The third-order valence-electron chi connectivity index (χ3n) is 3.87. The van der Waals surface area contributed by atoms with E-state index in [2.05, 4.69) is 27.8 Å². The summed E-state index contributed by atoms with van der Waals surface area (Å²) in [5.41, 5.74) is 1.33. The van der Waals surface area contributed by atoms with E-state index in [0.29, 0.717) is 34.4 Å². The second-order valence-electron chi connectivity index (χ2n) is 5.70. The summed E-state index contributed by atoms with van der Waals surface area (Å²) in [5, 5.41) is 1.87. The number of halogens is 2. The van der Waals surface area contributed by atoms with Gasteiger partial charge in [-0.05, 0) is 23.1 Å². The zero-order valence-electron chi connectivity index (χ0n) is 14.8. The third kappa shape index (κ3) is 4.79. The number of fused-ring (bicyclic) bond motifs is 1. The lowest BCUT2D eigenvalue weighted by Crippen LogP contribution is -2.02. The first-order valence-electron chi connectivity index (χ1n) is 8.32. The van der Waals surface area contributed by atoms with Crippen LogP contribution in [0.25, 0.3) is 10.8 Å². The van der Waals surface area contributed by atoms with E-state index in [1.165, 1.54) is 6.07 Å². The summed E-state index contributed by atoms with van der Waals surface area (Å²) in [6, 6.07) is 16.4. The molecule has 0 bridgehead atoms. The Bertz CT molecular complexity index is 977. The predicted octanol–water partition coefficient (Wildman–Crippen LogP) is 5.29. The molecule has 3 rings (SSSR count). The summed E-state index contributed by atoms with van der Waals surface area (Å²) in [4.78, 5) is 0. The zero-order valence-corrected chi connectivity index (χ0v) is 16.4. The van der Waals surface area contributed by atoms with E-state index in [-0.39, 0.29) is 12.6 Å². The van der Waals surface area contributed by atoms with Gasteiger partial charge in [0.25, 0.3) is 0 Å². The van der Waals surface area contributed by atoms with Crippen molar-refractivity contribution in [2.24, 2.45) is 0 Å². The van der Waals surface area contributed by atoms with Gasteiger partial charge in [0.2, 0.25) is 0 Å². The van der Waals surface area contributed by atoms with Crippen molar-refractivity contribution in [1.29, 1.82) is 0 Å². The first-order chi connectivity index (χ1) is 13.2. The summed E-state index contributed by atoms with van der Waals surface area (Å²) >= 11 is 3.25. The highest BCUT2D eigenvalue weighted by Crippen LogP contribution is 2.35. The lowest BCUT2D eigenvalue weighted by molar-refractivity contribution is 0.0510. The van der Waals surface area contributed by atoms with Gasteiger partial charge in [0, 0.05) is 18.6 Å². The van der Waals surface area contributed by atoms with Gasteiger partial charge in [-0.2, -0.15) is 0 Å². The summed E-state index contributed by atoms with van der Waals surface area (Å²) in [5.74, 6) is 6.47. The van der Waals surface area contributed by atoms with E-state index < -0.39 is 0 Å². The molecule has 0 saturated carbocycles. The van der Waals surface area contributed by atoms with Crippen molar-refractivity contribution >= 4 is 26.7 Å². The Morgan fingerprint density at radius 3 is 2.59 bits per heavy atom. The predicted molar refractivity (Wildman–Crippen MR) is 108 cm³/mol. The number of methoxy groups -OCH3 is 1. The summed E-state index contributed by atoms with van der Waals surface area (Å²) in [6.45, 7) is 0.465. The fourth-order valence-electron chi connectivity index (χ4n) is 2.68. The van der Waals surface area contributed by atoms with Crippen LogP contribution in [0.4, 0.5) is 4.39 Å². The van der Waals surface area contributed by atoms with Crippen LogP contribution in [0, 0.1) is 17.7 Å². The molecule has 0 aliphatic rings. The van der Waals surface area contributed by atoms with E-state index in [0.717, 1.165) is 10.9 Å². The lowest BCUT2D eigenvalue weighted by atomic mass is 10.0. The summed E-state index contributed by atoms with van der Waals surface area (Å²) in [7, 11) is 1.55. The minimum absolute atomic E-state index is 0.112. The highest BCUT2D eigenvalue weighted by atomic mass is 79.9. The highest BCUT2D eigenvalue weighted by Gasteiger charge is 2.14. The fourth-order valence-corrected chi connectivity index (χ4v) is 2.82. The minimum Gasteiger partial charge on any atom is -0.488 e. The number of alkyl halides is 1. The number of benzene rings is 3. The van der Waals surface area contributed by atoms with Crippen LogP contribution >= 0.6 is 15.9 Å². The molecule has 3 nitrogen and oxygen atoms in total. The average molecular weight is 429 g/mol. The van der Waals surface area contributed by atoms with Crippen LogP contribution in [0.3, 0.4) is 0 Å². The van der Waals surface area contributed by atoms with Gasteiger partial charge in [-0.15, -0.1) is 0 Å². The van der Waals surface area contributed by atoms with Gasteiger partial charge in [-0.3, -0.25) is 0 Å². The molecule has 0 atom stereocenters. The molecule has 0 heterocycles. The van der Waals surface area contributed by atoms with E-state index in [9.17, 15) is 4.39 Å². The Labute approximate surface area is 166 Å². The van der Waals surface area contributed by atoms with Gasteiger partial charge in [-0.1, -0.05) is 64.2 Å². The van der Waals surface area contributed by atoms with Gasteiger partial charge >= 0.3 is 0 Å². The van der Waals surface area contributed by atoms with E-state index in [1.807, 2.05) is 36.4 Å². The van der Waals surface area contributed by atoms with Crippen molar-refractivity contribution in [3.05, 3.63) is 71.5 Å². The van der Waals surface area contributed by atoms with Crippen LogP contribution in [0.1, 0.15) is 11.1 Å². The van der Waals surface area contributed by atoms with Gasteiger partial charge in [0.05, 0.1) is 10.9 Å². The molecule has 0 aromatic heterocycles. The number of hydrogen-bond acceptors (Lipinski definition) is 3. The van der Waals surface area contributed by atoms with Crippen LogP contribution in [-0.4, -0.2) is 19.2 Å². The molecule has 27 heavy (non-hydrogen) atoms. The molecule has 5 heteroatoms. The third-order valence-corrected chi connectivity index (χ3v) is 4.15. The second-order valence-corrected chi connectivity index (χ2v) is 6.26. The van der Waals surface area contributed by atoms with Crippen LogP contribution in [0.5, 0.6) is 11.5 Å². The monoisotopic (exact) mass is 428 g/mol. The normalized spacial score (nSPS) is 10.3. The SMILES string of the molecule is COCOc1cc(OCc2ccccc2)c2c(C#CCBr)c(F)ccc2c1. The molecule has 0 saturated heterocycles. The van der Waals surface area contributed by atoms with Crippen molar-refractivity contribution in [2.45, 2.75) is 6.61 Å². The Kier molecular flexibility index (Phi) is 6.69. The van der Waals surface area contributed by atoms with Crippen molar-refractivity contribution in [3.8, 4) is 23.3 Å². The molecule has 0 unspecified atom stereocenters. The van der Waals surface area contributed by atoms with Crippen LogP contribution < -0.4 is 9.47 Å². The van der Waals surface area contributed by atoms with Gasteiger partial charge in [0.1, 0.15) is 23.9 Å². The van der Waals surface area contributed by atoms with Crippen molar-refractivity contribution < 1.29 is 18.6 Å². The Morgan fingerprint density at radius 1 is 1.04 bits per heavy atom. The van der Waals surface area contributed by atoms with Crippen LogP contribution in [0.2, 0.25) is 0 Å². The summed E-state index contributed by atoms with van der Waals surface area (Å²) < 4.78 is 31.0. The number of hydrogen-bond donors (Lipinski definition) is 0. The van der Waals surface area contributed by atoms with Crippen LogP contribution in [-0.2, 0) is 11.3 Å². The number of ether oxygens (including phenoxy) is 3. The first kappa shape index (κ1) is 19.2. The summed E-state index contributed by atoms with van der Waals surface area (Å²) in [6.07, 6.45) is 0. The van der Waals surface area contributed by atoms with Crippen LogP contribution in [0.15, 0.2) is 54.6 Å². The molecular formula is C22H18BrFO3. The smallest absolute Gasteiger partial charge is 0.188 e. The maximum Gasteiger partial charge on any atom is 0.188 e. The molecule has 0 spiro atoms. The molecular weight excluding hydrogens is 411 g/mol. The molecule has 0 N–H and O–H groups in total. The van der Waals surface area contributed by atoms with Crippen molar-refractivity contribution in [2.75, 3.05) is 19.2 Å². The fraction of sp³-hybridized carbons (Fsp3) is 0.182. The maximum atomic E-state index is 14.5. The van der Waals surface area contributed by atoms with Gasteiger partial charge in [-0.25, -0.2) is 4.39 Å². The molecule has 0 amide bonds. The second kappa shape index (κ2) is 9.40. The first-order valence-corrected chi connectivity index (χ1v) is 9.44. The molecule has 138 valence electrons. The maximum absolute atomic E-state index is 14.5. The Morgan fingerprint density at radius 2 is 1.85 bits per heavy atom. The van der Waals surface area contributed by atoms with Gasteiger partial charge < -0.3 is 14.2 Å². The highest BCUT2D eigenvalue weighted by molar-refractivity contribution is 9.09. The molecule has 0 fully saturated rings. The largest absolute Gasteiger partial charge is 0.488 e. The lowest BCUT2D eigenvalue weighted by Gasteiger charge is -2.14. The van der Waals surface area contributed by atoms with Crippen molar-refractivity contribution in [1.82, 2.24) is 0 Å². The molecule has 0 aliphatic heterocycles. The molecule has 3 aromatic rings. The van der Waals surface area contributed by atoms with E-state index >= 15 is 0 Å². The minimum atomic E-state index is -0.383. The van der Waals surface area contributed by atoms with E-state index in [4.69, 9.17) is 14.2 Å². The standard InChI is InChI=1S/C22H18BrFO3/c1-25-15-27-18-12-17-9-10-20(24)19(8-5-11-23)22(17)21(13-18)26-14-16-6-3-2-4-7-16/h2-4,6-7,9-10,12-13H,11,14-15H2,1H3. The van der Waals surface area contributed by atoms with Crippen molar-refractivity contribution in [3.63, 3.8) is 0 Å². The molecule has 0 aliphatic carbocycles. The van der Waals surface area contributed by atoms with E-state index in [1.54, 1.807) is 19.2 Å². The quantitative estimate of drug-likeness (QED) is 0.303. The van der Waals surface area contributed by atoms with Gasteiger partial charge in [0.15, 0.2) is 6.79 Å². The number of rotatable bonds is 6. The molecule has 3 aromatic carbocycles. The Balaban J connectivity index is 2.08. The topological polar surface area (TPSA) is 27.7 Å². The Hall–Kier alpha value is -2.55. The average Bonchev–Trinajstić information content (AvgIpc) is 2.70. The zero-order chi connectivity index (χ0) is 19.1.